The van der Waals surface area contributed by atoms with Gasteiger partial charge < -0.3 is 25.2 Å². The number of carbonyl (C=O) groups is 1. The number of likely N-dealkylation sites (N-methyl/N-ethyl adjacent to an activating group) is 1. The smallest absolute Gasteiger partial charge is 0.248 e. The summed E-state index contributed by atoms with van der Waals surface area (Å²) in [6.07, 6.45) is 5.83. The van der Waals surface area contributed by atoms with E-state index in [1.54, 1.807) is 18.3 Å². The van der Waals surface area contributed by atoms with Gasteiger partial charge in [0.1, 0.15) is 11.8 Å². The van der Waals surface area contributed by atoms with Crippen LogP contribution in [0.3, 0.4) is 0 Å². The summed E-state index contributed by atoms with van der Waals surface area (Å²) in [4.78, 5) is 21.6. The summed E-state index contributed by atoms with van der Waals surface area (Å²) in [5.74, 6) is 0.262. The number of amides is 1. The molecule has 0 atom stereocenters. The fraction of sp³-hybridized carbons (Fsp3) is 0.242. The maximum atomic E-state index is 12.7. The second-order valence-electron chi connectivity index (χ2n) is 10.2. The normalized spacial score (nSPS) is 12.5. The number of aromatic nitrogens is 1. The molecule has 2 heterocycles. The number of nitrogens with zero attached hydrogens (tertiary/aromatic N) is 4. The number of ether oxygens (including phenoxy) is 1. The molecule has 0 saturated carbocycles. The number of pyridine rings is 1. The van der Waals surface area contributed by atoms with Gasteiger partial charge in [-0.15, -0.1) is 0 Å². The Hall–Kier alpha value is -4.87. The van der Waals surface area contributed by atoms with E-state index < -0.39 is 0 Å². The Bertz CT molecular complexity index is 1620. The van der Waals surface area contributed by atoms with Crippen molar-refractivity contribution in [3.05, 3.63) is 95.7 Å². The summed E-state index contributed by atoms with van der Waals surface area (Å²) in [7, 11) is 3.88. The molecule has 0 bridgehead atoms. The molecular weight excluding hydrogens is 512 g/mol. The van der Waals surface area contributed by atoms with Crippen molar-refractivity contribution >= 4 is 39.6 Å². The molecule has 208 valence electrons. The van der Waals surface area contributed by atoms with Crippen LogP contribution in [-0.4, -0.2) is 49.6 Å². The Morgan fingerprint density at radius 1 is 1.17 bits per heavy atom. The highest BCUT2D eigenvalue weighted by Crippen LogP contribution is 2.38. The lowest BCUT2D eigenvalue weighted by molar-refractivity contribution is -0.111. The van der Waals surface area contributed by atoms with E-state index in [-0.39, 0.29) is 5.91 Å². The zero-order chi connectivity index (χ0) is 28.8. The highest BCUT2D eigenvalue weighted by Gasteiger charge is 2.20. The number of rotatable bonds is 10. The number of nitriles is 1. The third-order valence-electron chi connectivity index (χ3n) is 6.94. The van der Waals surface area contributed by atoms with Crippen LogP contribution in [0.5, 0.6) is 5.75 Å². The van der Waals surface area contributed by atoms with Crippen LogP contribution in [-0.2, 0) is 17.8 Å². The minimum absolute atomic E-state index is 0.260. The Kier molecular flexibility index (Phi) is 8.47. The van der Waals surface area contributed by atoms with Gasteiger partial charge in [0.15, 0.2) is 0 Å². The number of carbonyl (C=O) groups excluding carboxylic acids is 1. The van der Waals surface area contributed by atoms with Crippen molar-refractivity contribution in [2.75, 3.05) is 49.3 Å². The molecule has 5 rings (SSSR count). The van der Waals surface area contributed by atoms with E-state index in [1.807, 2.05) is 44.1 Å². The van der Waals surface area contributed by atoms with Crippen molar-refractivity contribution < 1.29 is 9.53 Å². The highest BCUT2D eigenvalue weighted by atomic mass is 16.5. The van der Waals surface area contributed by atoms with Gasteiger partial charge in [-0.05, 0) is 62.8 Å². The predicted octanol–water partition coefficient (Wildman–Crippen LogP) is 5.87. The second-order valence-corrected chi connectivity index (χ2v) is 10.2. The highest BCUT2D eigenvalue weighted by molar-refractivity contribution is 6.05. The monoisotopic (exact) mass is 546 g/mol. The standard InChI is InChI=1S/C33H34N6O2/c1-4-41-31-19-28-27(18-29(31)37-32(40)11-8-15-38(2)3)33(25(20-34)21-35-28)36-26-12-13-30-24(17-26)14-16-39(30)22-23-9-6-5-7-10-23/h5-13,17-19,21H,4,14-16,22H2,1-3H3,(H,35,36)(H,37,40). The van der Waals surface area contributed by atoms with Crippen LogP contribution in [0.1, 0.15) is 23.6 Å². The number of fused-ring (bicyclic) bond motifs is 2. The molecule has 8 heteroatoms. The van der Waals surface area contributed by atoms with Crippen LogP contribution < -0.4 is 20.3 Å². The Balaban J connectivity index is 1.46. The van der Waals surface area contributed by atoms with Crippen LogP contribution in [0.25, 0.3) is 10.9 Å². The van der Waals surface area contributed by atoms with Gasteiger partial charge in [0.25, 0.3) is 0 Å². The van der Waals surface area contributed by atoms with Crippen LogP contribution in [0, 0.1) is 11.3 Å². The fourth-order valence-electron chi connectivity index (χ4n) is 5.02. The van der Waals surface area contributed by atoms with E-state index in [1.165, 1.54) is 22.9 Å². The SMILES string of the molecule is CCOc1cc2ncc(C#N)c(Nc3ccc4c(c3)CCN4Cc3ccccc3)c2cc1NC(=O)C=CCN(C)C. The molecule has 0 saturated heterocycles. The minimum Gasteiger partial charge on any atom is -0.492 e. The van der Waals surface area contributed by atoms with E-state index >= 15 is 0 Å². The lowest BCUT2D eigenvalue weighted by Crippen LogP contribution is -2.19. The molecule has 8 nitrogen and oxygen atoms in total. The first-order chi connectivity index (χ1) is 19.9. The van der Waals surface area contributed by atoms with Crippen molar-refractivity contribution in [3.63, 3.8) is 0 Å². The van der Waals surface area contributed by atoms with Crippen molar-refractivity contribution in [1.29, 1.82) is 5.26 Å². The van der Waals surface area contributed by atoms with Gasteiger partial charge >= 0.3 is 0 Å². The van der Waals surface area contributed by atoms with Crippen molar-refractivity contribution in [3.8, 4) is 11.8 Å². The first-order valence-electron chi connectivity index (χ1n) is 13.8. The van der Waals surface area contributed by atoms with Crippen LogP contribution >= 0.6 is 0 Å². The molecule has 2 N–H and O–H groups in total. The van der Waals surface area contributed by atoms with Crippen LogP contribution in [0.15, 0.2) is 79.0 Å². The van der Waals surface area contributed by atoms with Crippen molar-refractivity contribution in [1.82, 2.24) is 9.88 Å². The van der Waals surface area contributed by atoms with Gasteiger partial charge in [0.2, 0.25) is 5.91 Å². The number of hydrogen-bond acceptors (Lipinski definition) is 7. The summed E-state index contributed by atoms with van der Waals surface area (Å²) in [5, 5.41) is 17.1. The van der Waals surface area contributed by atoms with Gasteiger partial charge in [0.05, 0.1) is 29.1 Å². The first kappa shape index (κ1) is 27.7. The van der Waals surface area contributed by atoms with Gasteiger partial charge in [-0.25, -0.2) is 0 Å². The quantitative estimate of drug-likeness (QED) is 0.240. The topological polar surface area (TPSA) is 93.5 Å². The molecule has 0 unspecified atom stereocenters. The molecule has 1 aliphatic heterocycles. The van der Waals surface area contributed by atoms with Gasteiger partial charge in [0, 0.05) is 54.7 Å². The number of anilines is 4. The maximum absolute atomic E-state index is 12.7. The summed E-state index contributed by atoms with van der Waals surface area (Å²) >= 11 is 0. The predicted molar refractivity (Wildman–Crippen MR) is 165 cm³/mol. The van der Waals surface area contributed by atoms with E-state index in [9.17, 15) is 10.1 Å². The summed E-state index contributed by atoms with van der Waals surface area (Å²) in [6.45, 7) is 4.80. The van der Waals surface area contributed by atoms with Gasteiger partial charge in [-0.2, -0.15) is 5.26 Å². The lowest BCUT2D eigenvalue weighted by Gasteiger charge is -2.20. The van der Waals surface area contributed by atoms with E-state index in [2.05, 4.69) is 63.0 Å². The summed E-state index contributed by atoms with van der Waals surface area (Å²) in [5.41, 5.74) is 6.89. The summed E-state index contributed by atoms with van der Waals surface area (Å²) < 4.78 is 5.83. The largest absolute Gasteiger partial charge is 0.492 e. The van der Waals surface area contributed by atoms with Crippen molar-refractivity contribution in [2.45, 2.75) is 19.9 Å². The minimum atomic E-state index is -0.260. The molecule has 4 aromatic rings. The van der Waals surface area contributed by atoms with Crippen LogP contribution in [0.4, 0.5) is 22.7 Å². The molecule has 1 aromatic heterocycles. The van der Waals surface area contributed by atoms with E-state index in [4.69, 9.17) is 4.74 Å². The zero-order valence-electron chi connectivity index (χ0n) is 23.6. The Labute approximate surface area is 240 Å². The average molecular weight is 547 g/mol. The van der Waals surface area contributed by atoms with Crippen LogP contribution in [0.2, 0.25) is 0 Å². The third-order valence-corrected chi connectivity index (χ3v) is 6.94. The lowest BCUT2D eigenvalue weighted by atomic mass is 10.1. The summed E-state index contributed by atoms with van der Waals surface area (Å²) in [6, 6.07) is 22.7. The molecular formula is C33H34N6O2. The molecule has 1 aliphatic rings. The molecule has 3 aromatic carbocycles. The molecule has 0 radical (unpaired) electrons. The number of hydrogen-bond donors (Lipinski definition) is 2. The van der Waals surface area contributed by atoms with Gasteiger partial charge in [-0.3, -0.25) is 9.78 Å². The second kappa shape index (κ2) is 12.5. The zero-order valence-corrected chi connectivity index (χ0v) is 23.6. The average Bonchev–Trinajstić information content (AvgIpc) is 3.36. The van der Waals surface area contributed by atoms with E-state index in [0.29, 0.717) is 46.7 Å². The number of benzene rings is 3. The Morgan fingerprint density at radius 3 is 2.76 bits per heavy atom. The maximum Gasteiger partial charge on any atom is 0.248 e. The molecule has 0 fully saturated rings. The van der Waals surface area contributed by atoms with E-state index in [0.717, 1.165) is 25.2 Å². The Morgan fingerprint density at radius 2 is 2.00 bits per heavy atom. The molecule has 41 heavy (non-hydrogen) atoms. The third kappa shape index (κ3) is 6.48. The van der Waals surface area contributed by atoms with Crippen molar-refractivity contribution in [2.24, 2.45) is 0 Å². The number of nitrogens with one attached hydrogen (secondary N) is 2. The molecule has 0 spiro atoms. The van der Waals surface area contributed by atoms with Gasteiger partial charge in [-0.1, -0.05) is 36.4 Å². The molecule has 1 amide bonds. The fourth-order valence-corrected chi connectivity index (χ4v) is 5.02. The molecule has 0 aliphatic carbocycles. The first-order valence-corrected chi connectivity index (χ1v) is 13.8.